The number of aromatic nitrogens is 3. The second-order valence-electron chi connectivity index (χ2n) is 5.77. The van der Waals surface area contributed by atoms with E-state index in [0.29, 0.717) is 17.1 Å². The third kappa shape index (κ3) is 4.28. The molecule has 6 nitrogen and oxygen atoms in total. The zero-order valence-electron chi connectivity index (χ0n) is 13.4. The molecule has 1 aromatic carbocycles. The van der Waals surface area contributed by atoms with Crippen LogP contribution in [0.3, 0.4) is 0 Å². The molecule has 1 atom stereocenters. The number of thioether (sulfide) groups is 1. The van der Waals surface area contributed by atoms with Gasteiger partial charge in [0.25, 0.3) is 0 Å². The molecule has 0 aliphatic carbocycles. The average molecular weight is 344 g/mol. The molecule has 0 spiro atoms. The van der Waals surface area contributed by atoms with Crippen molar-refractivity contribution in [3.63, 3.8) is 0 Å². The van der Waals surface area contributed by atoms with Crippen molar-refractivity contribution in [2.45, 2.75) is 43.5 Å². The maximum atomic E-state index is 10.1. The van der Waals surface area contributed by atoms with Crippen LogP contribution in [0, 0.1) is 11.3 Å². The summed E-state index contributed by atoms with van der Waals surface area (Å²) < 4.78 is 7.73. The van der Waals surface area contributed by atoms with Crippen molar-refractivity contribution in [2.75, 3.05) is 12.4 Å². The van der Waals surface area contributed by atoms with Crippen LogP contribution in [-0.2, 0) is 13.0 Å². The van der Waals surface area contributed by atoms with Crippen molar-refractivity contribution in [2.24, 2.45) is 0 Å². The topological polar surface area (TPSA) is 84.0 Å². The molecule has 2 aromatic rings. The first-order valence-electron chi connectivity index (χ1n) is 8.12. The Labute approximate surface area is 145 Å². The maximum Gasteiger partial charge on any atom is 0.191 e. The van der Waals surface area contributed by atoms with Crippen molar-refractivity contribution in [3.8, 4) is 11.8 Å². The largest absolute Gasteiger partial charge is 0.491 e. The van der Waals surface area contributed by atoms with Crippen LogP contribution in [0.5, 0.6) is 5.75 Å². The predicted octanol–water partition coefficient (Wildman–Crippen LogP) is 2.41. The maximum absolute atomic E-state index is 10.1. The van der Waals surface area contributed by atoms with Gasteiger partial charge in [-0.2, -0.15) is 5.26 Å². The number of hydrogen-bond acceptors (Lipinski definition) is 6. The van der Waals surface area contributed by atoms with Gasteiger partial charge < -0.3 is 14.4 Å². The third-order valence-electron chi connectivity index (χ3n) is 3.91. The van der Waals surface area contributed by atoms with E-state index in [1.165, 1.54) is 24.6 Å². The Hall–Kier alpha value is -2.04. The smallest absolute Gasteiger partial charge is 0.191 e. The number of rotatable bonds is 6. The van der Waals surface area contributed by atoms with Gasteiger partial charge >= 0.3 is 0 Å². The molecule has 0 bridgehead atoms. The van der Waals surface area contributed by atoms with Crippen LogP contribution in [0.15, 0.2) is 29.4 Å². The van der Waals surface area contributed by atoms with E-state index in [1.54, 1.807) is 24.3 Å². The SMILES string of the molecule is N#Cc1ccc(OCC(O)CSc2nnc3n2CCCCC3)cc1. The van der Waals surface area contributed by atoms with Crippen LogP contribution >= 0.6 is 11.8 Å². The molecule has 0 saturated heterocycles. The lowest BCUT2D eigenvalue weighted by Crippen LogP contribution is -2.20. The number of benzene rings is 1. The molecular weight excluding hydrogens is 324 g/mol. The van der Waals surface area contributed by atoms with Crippen molar-refractivity contribution >= 4 is 11.8 Å². The van der Waals surface area contributed by atoms with E-state index in [4.69, 9.17) is 10.00 Å². The first-order chi connectivity index (χ1) is 11.8. The molecule has 0 saturated carbocycles. The number of aliphatic hydroxyl groups is 1. The average Bonchev–Trinajstić information content (AvgIpc) is 2.85. The van der Waals surface area contributed by atoms with Gasteiger partial charge in [0.1, 0.15) is 18.2 Å². The Morgan fingerprint density at radius 3 is 2.88 bits per heavy atom. The number of nitriles is 1. The van der Waals surface area contributed by atoms with Crippen molar-refractivity contribution in [3.05, 3.63) is 35.7 Å². The van der Waals surface area contributed by atoms with Crippen molar-refractivity contribution < 1.29 is 9.84 Å². The number of hydrogen-bond donors (Lipinski definition) is 1. The second kappa shape index (κ2) is 8.18. The third-order valence-corrected chi connectivity index (χ3v) is 5.02. The highest BCUT2D eigenvalue weighted by Crippen LogP contribution is 2.22. The standard InChI is InChI=1S/C17H20N4O2S/c18-10-13-5-7-15(8-6-13)23-11-14(22)12-24-17-20-19-16-4-2-1-3-9-21(16)17/h5-8,14,22H,1-4,9,11-12H2. The zero-order valence-corrected chi connectivity index (χ0v) is 14.2. The van der Waals surface area contributed by atoms with Gasteiger partial charge in [0, 0.05) is 18.7 Å². The Morgan fingerprint density at radius 1 is 1.25 bits per heavy atom. The van der Waals surface area contributed by atoms with Crippen molar-refractivity contribution in [1.29, 1.82) is 5.26 Å². The molecule has 1 aromatic heterocycles. The normalized spacial score (nSPS) is 15.2. The molecule has 24 heavy (non-hydrogen) atoms. The summed E-state index contributed by atoms with van der Waals surface area (Å²) in [6.07, 6.45) is 3.95. The van der Waals surface area contributed by atoms with Gasteiger partial charge in [-0.25, -0.2) is 0 Å². The van der Waals surface area contributed by atoms with Gasteiger partial charge in [-0.1, -0.05) is 18.2 Å². The molecule has 126 valence electrons. The van der Waals surface area contributed by atoms with E-state index in [-0.39, 0.29) is 6.61 Å². The van der Waals surface area contributed by atoms with E-state index in [2.05, 4.69) is 20.8 Å². The second-order valence-corrected chi connectivity index (χ2v) is 6.76. The Balaban J connectivity index is 1.48. The first-order valence-corrected chi connectivity index (χ1v) is 9.11. The summed E-state index contributed by atoms with van der Waals surface area (Å²) in [4.78, 5) is 0. The number of fused-ring (bicyclic) bond motifs is 1. The van der Waals surface area contributed by atoms with Crippen LogP contribution in [-0.4, -0.2) is 38.3 Å². The van der Waals surface area contributed by atoms with Gasteiger partial charge in [-0.05, 0) is 37.1 Å². The Bertz CT molecular complexity index is 708. The van der Waals surface area contributed by atoms with Gasteiger partial charge in [0.2, 0.25) is 0 Å². The Morgan fingerprint density at radius 2 is 2.08 bits per heavy atom. The molecule has 0 fully saturated rings. The summed E-state index contributed by atoms with van der Waals surface area (Å²) in [5.74, 6) is 2.21. The van der Waals surface area contributed by atoms with E-state index in [9.17, 15) is 5.11 Å². The molecule has 3 rings (SSSR count). The quantitative estimate of drug-likeness (QED) is 0.810. The summed E-state index contributed by atoms with van der Waals surface area (Å²) in [5.41, 5.74) is 0.589. The van der Waals surface area contributed by atoms with E-state index in [0.717, 1.165) is 30.4 Å². The number of aryl methyl sites for hydroxylation is 1. The lowest BCUT2D eigenvalue weighted by atomic mass is 10.2. The number of ether oxygens (including phenoxy) is 1. The number of nitrogens with zero attached hydrogens (tertiary/aromatic N) is 4. The molecule has 7 heteroatoms. The van der Waals surface area contributed by atoms with Gasteiger partial charge in [0.05, 0.1) is 17.7 Å². The van der Waals surface area contributed by atoms with E-state index >= 15 is 0 Å². The van der Waals surface area contributed by atoms with Gasteiger partial charge in [-0.3, -0.25) is 0 Å². The molecule has 1 unspecified atom stereocenters. The van der Waals surface area contributed by atoms with Crippen LogP contribution in [0.1, 0.15) is 30.7 Å². The monoisotopic (exact) mass is 344 g/mol. The predicted molar refractivity (Wildman–Crippen MR) is 91.0 cm³/mol. The summed E-state index contributed by atoms with van der Waals surface area (Å²) in [5, 5.41) is 28.3. The first kappa shape index (κ1) is 16.8. The molecule has 0 radical (unpaired) electrons. The fourth-order valence-electron chi connectivity index (χ4n) is 2.60. The fraction of sp³-hybridized carbons (Fsp3) is 0.471. The lowest BCUT2D eigenvalue weighted by Gasteiger charge is -2.12. The van der Waals surface area contributed by atoms with Crippen LogP contribution in [0.2, 0.25) is 0 Å². The van der Waals surface area contributed by atoms with Gasteiger partial charge in [-0.15, -0.1) is 10.2 Å². The Kier molecular flexibility index (Phi) is 5.72. The highest BCUT2D eigenvalue weighted by atomic mass is 32.2. The summed E-state index contributed by atoms with van der Waals surface area (Å²) in [7, 11) is 0. The van der Waals surface area contributed by atoms with Crippen LogP contribution in [0.25, 0.3) is 0 Å². The minimum absolute atomic E-state index is 0.208. The highest BCUT2D eigenvalue weighted by molar-refractivity contribution is 7.99. The fourth-order valence-corrected chi connectivity index (χ4v) is 3.49. The van der Waals surface area contributed by atoms with E-state index < -0.39 is 6.10 Å². The molecule has 1 aliphatic rings. The van der Waals surface area contributed by atoms with Crippen LogP contribution in [0.4, 0.5) is 0 Å². The van der Waals surface area contributed by atoms with Gasteiger partial charge in [0.15, 0.2) is 5.16 Å². The van der Waals surface area contributed by atoms with Crippen molar-refractivity contribution in [1.82, 2.24) is 14.8 Å². The van der Waals surface area contributed by atoms with E-state index in [1.807, 2.05) is 0 Å². The minimum Gasteiger partial charge on any atom is -0.491 e. The molecular formula is C17H20N4O2S. The highest BCUT2D eigenvalue weighted by Gasteiger charge is 2.16. The summed E-state index contributed by atoms with van der Waals surface area (Å²) in [6, 6.07) is 8.92. The summed E-state index contributed by atoms with van der Waals surface area (Å²) in [6.45, 7) is 1.17. The molecule has 1 aliphatic heterocycles. The molecule has 1 N–H and O–H groups in total. The molecule has 0 amide bonds. The lowest BCUT2D eigenvalue weighted by molar-refractivity contribution is 0.126. The summed E-state index contributed by atoms with van der Waals surface area (Å²) >= 11 is 1.52. The zero-order chi connectivity index (χ0) is 16.8. The molecule has 2 heterocycles. The minimum atomic E-state index is -0.593. The number of aliphatic hydroxyl groups excluding tert-OH is 1. The van der Waals surface area contributed by atoms with Crippen LogP contribution < -0.4 is 4.74 Å².